The van der Waals surface area contributed by atoms with Crippen molar-refractivity contribution in [1.82, 2.24) is 15.6 Å². The van der Waals surface area contributed by atoms with Gasteiger partial charge in [0, 0.05) is 18.8 Å². The average molecular weight is 278 g/mol. The molecule has 0 aromatic carbocycles. The van der Waals surface area contributed by atoms with Crippen LogP contribution >= 0.6 is 0 Å². The zero-order valence-corrected chi connectivity index (χ0v) is 12.2. The van der Waals surface area contributed by atoms with Crippen molar-refractivity contribution in [2.75, 3.05) is 18.4 Å². The van der Waals surface area contributed by atoms with E-state index in [0.29, 0.717) is 5.56 Å². The van der Waals surface area contributed by atoms with Crippen LogP contribution in [0.15, 0.2) is 18.3 Å². The molecule has 0 saturated carbocycles. The number of aromatic nitrogens is 1. The van der Waals surface area contributed by atoms with Gasteiger partial charge in [0.25, 0.3) is 5.91 Å². The van der Waals surface area contributed by atoms with Crippen LogP contribution in [-0.2, 0) is 4.79 Å². The smallest absolute Gasteiger partial charge is 0.253 e. The zero-order valence-electron chi connectivity index (χ0n) is 12.2. The first kappa shape index (κ1) is 15.9. The van der Waals surface area contributed by atoms with Crippen LogP contribution in [0.1, 0.15) is 37.6 Å². The minimum atomic E-state index is -0.307. The fourth-order valence-electron chi connectivity index (χ4n) is 1.52. The number of nitrogens with one attached hydrogen (secondary N) is 3. The number of nitrogens with zero attached hydrogens (tertiary/aromatic N) is 1. The topological polar surface area (TPSA) is 83.1 Å². The molecule has 0 fully saturated rings. The summed E-state index contributed by atoms with van der Waals surface area (Å²) in [6.07, 6.45) is 2.50. The Bertz CT molecular complexity index is 443. The van der Waals surface area contributed by atoms with Crippen molar-refractivity contribution >= 4 is 17.6 Å². The highest BCUT2D eigenvalue weighted by atomic mass is 16.2. The highest BCUT2D eigenvalue weighted by molar-refractivity contribution is 5.96. The van der Waals surface area contributed by atoms with Gasteiger partial charge in [0.05, 0.1) is 12.1 Å². The van der Waals surface area contributed by atoms with E-state index in [1.165, 1.54) is 6.20 Å². The molecule has 0 aliphatic carbocycles. The molecule has 0 bridgehead atoms. The molecule has 2 amide bonds. The lowest BCUT2D eigenvalue weighted by molar-refractivity contribution is -0.120. The quantitative estimate of drug-likeness (QED) is 0.699. The lowest BCUT2D eigenvalue weighted by Gasteiger charge is -2.09. The summed E-state index contributed by atoms with van der Waals surface area (Å²) in [4.78, 5) is 27.4. The third-order valence-electron chi connectivity index (χ3n) is 2.44. The Morgan fingerprint density at radius 1 is 1.30 bits per heavy atom. The minimum absolute atomic E-state index is 0.0349. The van der Waals surface area contributed by atoms with Gasteiger partial charge in [0.15, 0.2) is 0 Å². The van der Waals surface area contributed by atoms with Crippen molar-refractivity contribution in [2.24, 2.45) is 0 Å². The number of pyridine rings is 1. The van der Waals surface area contributed by atoms with Crippen LogP contribution in [0.25, 0.3) is 0 Å². The Kier molecular flexibility index (Phi) is 6.49. The van der Waals surface area contributed by atoms with Crippen molar-refractivity contribution < 1.29 is 9.59 Å². The molecule has 0 saturated heterocycles. The van der Waals surface area contributed by atoms with E-state index in [1.807, 2.05) is 13.8 Å². The number of rotatable bonds is 7. The molecule has 6 nitrogen and oxygen atoms in total. The molecule has 1 heterocycles. The number of carbonyl (C=O) groups is 2. The molecule has 0 spiro atoms. The molecule has 6 heteroatoms. The van der Waals surface area contributed by atoms with E-state index in [4.69, 9.17) is 0 Å². The minimum Gasteiger partial charge on any atom is -0.370 e. The van der Waals surface area contributed by atoms with Gasteiger partial charge in [-0.1, -0.05) is 6.92 Å². The molecule has 110 valence electrons. The van der Waals surface area contributed by atoms with E-state index in [2.05, 4.69) is 27.9 Å². The maximum atomic E-state index is 11.8. The maximum Gasteiger partial charge on any atom is 0.253 e. The van der Waals surface area contributed by atoms with E-state index in [9.17, 15) is 9.59 Å². The Balaban J connectivity index is 2.45. The highest BCUT2D eigenvalue weighted by Gasteiger charge is 2.09. The van der Waals surface area contributed by atoms with Crippen molar-refractivity contribution in [2.45, 2.75) is 33.2 Å². The van der Waals surface area contributed by atoms with E-state index in [1.54, 1.807) is 12.1 Å². The lowest BCUT2D eigenvalue weighted by Crippen LogP contribution is -2.39. The Morgan fingerprint density at radius 3 is 2.60 bits per heavy atom. The number of amides is 2. The van der Waals surface area contributed by atoms with Gasteiger partial charge in [-0.2, -0.15) is 0 Å². The van der Waals surface area contributed by atoms with Gasteiger partial charge in [-0.3, -0.25) is 9.59 Å². The van der Waals surface area contributed by atoms with Crippen molar-refractivity contribution in [3.63, 3.8) is 0 Å². The van der Waals surface area contributed by atoms with E-state index < -0.39 is 0 Å². The summed E-state index contributed by atoms with van der Waals surface area (Å²) in [6, 6.07) is 3.49. The molecule has 0 aliphatic rings. The van der Waals surface area contributed by atoms with Crippen LogP contribution in [0.2, 0.25) is 0 Å². The number of hydrogen-bond donors (Lipinski definition) is 3. The van der Waals surface area contributed by atoms with Crippen LogP contribution in [0.5, 0.6) is 0 Å². The van der Waals surface area contributed by atoms with Gasteiger partial charge in [0.2, 0.25) is 5.91 Å². The normalized spacial score (nSPS) is 10.2. The fourth-order valence-corrected chi connectivity index (χ4v) is 1.52. The summed E-state index contributed by atoms with van der Waals surface area (Å²) in [7, 11) is 0. The van der Waals surface area contributed by atoms with Gasteiger partial charge < -0.3 is 16.0 Å². The summed E-state index contributed by atoms with van der Waals surface area (Å²) in [5.41, 5.74) is 0.435. The highest BCUT2D eigenvalue weighted by Crippen LogP contribution is 2.04. The first-order valence-electron chi connectivity index (χ1n) is 6.80. The van der Waals surface area contributed by atoms with Crippen molar-refractivity contribution in [3.8, 4) is 0 Å². The monoisotopic (exact) mass is 278 g/mol. The summed E-state index contributed by atoms with van der Waals surface area (Å²) >= 11 is 0. The van der Waals surface area contributed by atoms with Gasteiger partial charge in [-0.15, -0.1) is 0 Å². The molecule has 20 heavy (non-hydrogen) atoms. The standard InChI is InChI=1S/C14H22N4O2/c1-4-7-15-12-6-5-11(8-16-12)14(20)17-9-13(19)18-10(2)3/h5-6,8,10H,4,7,9H2,1-3H3,(H,15,16)(H,17,20)(H,18,19). The number of hydrogen-bond acceptors (Lipinski definition) is 4. The molecular formula is C14H22N4O2. The van der Waals surface area contributed by atoms with Gasteiger partial charge >= 0.3 is 0 Å². The summed E-state index contributed by atoms with van der Waals surface area (Å²) in [5, 5.41) is 8.38. The molecule has 0 unspecified atom stereocenters. The third kappa shape index (κ3) is 5.69. The Hall–Kier alpha value is -2.11. The van der Waals surface area contributed by atoms with Crippen LogP contribution in [0.3, 0.4) is 0 Å². The lowest BCUT2D eigenvalue weighted by atomic mass is 10.2. The molecule has 1 aromatic rings. The predicted octanol–water partition coefficient (Wildman–Crippen LogP) is 1.16. The van der Waals surface area contributed by atoms with Gasteiger partial charge in [-0.25, -0.2) is 4.98 Å². The average Bonchev–Trinajstić information content (AvgIpc) is 2.42. The van der Waals surface area contributed by atoms with Gasteiger partial charge in [0.1, 0.15) is 5.82 Å². The molecule has 1 rings (SSSR count). The van der Waals surface area contributed by atoms with Crippen molar-refractivity contribution in [3.05, 3.63) is 23.9 Å². The van der Waals surface area contributed by atoms with Gasteiger partial charge in [-0.05, 0) is 32.4 Å². The molecule has 1 aromatic heterocycles. The molecule has 0 radical (unpaired) electrons. The van der Waals surface area contributed by atoms with Crippen molar-refractivity contribution in [1.29, 1.82) is 0 Å². The molecule has 0 aliphatic heterocycles. The number of carbonyl (C=O) groups excluding carboxylic acids is 2. The maximum absolute atomic E-state index is 11.8. The fraction of sp³-hybridized carbons (Fsp3) is 0.500. The SMILES string of the molecule is CCCNc1ccc(C(=O)NCC(=O)NC(C)C)cn1. The second-order valence-electron chi connectivity index (χ2n) is 4.76. The second kappa shape index (κ2) is 8.14. The molecule has 3 N–H and O–H groups in total. The molecule has 0 atom stereocenters. The van der Waals surface area contributed by atoms with Crippen LogP contribution in [-0.4, -0.2) is 35.9 Å². The number of anilines is 1. The zero-order chi connectivity index (χ0) is 15.0. The predicted molar refractivity (Wildman–Crippen MR) is 78.6 cm³/mol. The largest absolute Gasteiger partial charge is 0.370 e. The summed E-state index contributed by atoms with van der Waals surface area (Å²) in [5.74, 6) is 0.224. The summed E-state index contributed by atoms with van der Waals surface area (Å²) < 4.78 is 0. The van der Waals surface area contributed by atoms with Crippen LogP contribution < -0.4 is 16.0 Å². The first-order valence-corrected chi connectivity index (χ1v) is 6.80. The first-order chi connectivity index (χ1) is 9.52. The van der Waals surface area contributed by atoms with E-state index in [-0.39, 0.29) is 24.4 Å². The Labute approximate surface area is 119 Å². The Morgan fingerprint density at radius 2 is 2.05 bits per heavy atom. The van der Waals surface area contributed by atoms with Crippen LogP contribution in [0.4, 0.5) is 5.82 Å². The van der Waals surface area contributed by atoms with Crippen LogP contribution in [0, 0.1) is 0 Å². The summed E-state index contributed by atoms with van der Waals surface area (Å²) in [6.45, 7) is 6.61. The van der Waals surface area contributed by atoms with E-state index in [0.717, 1.165) is 18.8 Å². The molecular weight excluding hydrogens is 256 g/mol. The van der Waals surface area contributed by atoms with E-state index >= 15 is 0 Å². The second-order valence-corrected chi connectivity index (χ2v) is 4.76. The third-order valence-corrected chi connectivity index (χ3v) is 2.44.